The summed E-state index contributed by atoms with van der Waals surface area (Å²) < 4.78 is 0. The quantitative estimate of drug-likeness (QED) is 0.403. The van der Waals surface area contributed by atoms with Crippen molar-refractivity contribution in [2.75, 3.05) is 19.6 Å². The van der Waals surface area contributed by atoms with Gasteiger partial charge in [-0.15, -0.1) is 0 Å². The number of nitrogens with zero attached hydrogens (tertiary/aromatic N) is 2. The molecule has 2 atom stereocenters. The molecule has 2 fully saturated rings. The average Bonchev–Trinajstić information content (AvgIpc) is 3.04. The second-order valence-electron chi connectivity index (χ2n) is 4.82. The van der Waals surface area contributed by atoms with Gasteiger partial charge in [-0.05, 0) is 12.8 Å². The monoisotopic (exact) mass is 255 g/mol. The number of nitrogens with one attached hydrogen (secondary N) is 1. The maximum Gasteiger partial charge on any atom is 0.230 e. The smallest absolute Gasteiger partial charge is 0.230 e. The van der Waals surface area contributed by atoms with Gasteiger partial charge in [-0.1, -0.05) is 0 Å². The molecule has 1 saturated carbocycles. The first-order valence-electron chi connectivity index (χ1n) is 6.28. The average molecular weight is 255 g/mol. The summed E-state index contributed by atoms with van der Waals surface area (Å²) in [6, 6.07) is -0.690. The van der Waals surface area contributed by atoms with Crippen LogP contribution >= 0.6 is 0 Å². The summed E-state index contributed by atoms with van der Waals surface area (Å²) in [5, 5.41) is 13.1. The van der Waals surface area contributed by atoms with Gasteiger partial charge in [-0.25, -0.2) is 0 Å². The second kappa shape index (κ2) is 5.32. The summed E-state index contributed by atoms with van der Waals surface area (Å²) in [5.41, 5.74) is 0. The first-order valence-corrected chi connectivity index (χ1v) is 6.28. The topological polar surface area (TPSA) is 92.6 Å². The molecule has 0 bridgehead atoms. The summed E-state index contributed by atoms with van der Waals surface area (Å²) in [6.45, 7) is 1.94. The Kier molecular flexibility index (Phi) is 3.78. The molecule has 1 N–H and O–H groups in total. The number of nitro groups is 1. The molecule has 1 aliphatic heterocycles. The summed E-state index contributed by atoms with van der Waals surface area (Å²) in [7, 11) is 0. The van der Waals surface area contributed by atoms with Gasteiger partial charge in [0.15, 0.2) is 0 Å². The Hall–Kier alpha value is -1.66. The highest BCUT2D eigenvalue weighted by molar-refractivity contribution is 5.82. The highest BCUT2D eigenvalue weighted by Crippen LogP contribution is 2.32. The Morgan fingerprint density at radius 1 is 1.56 bits per heavy atom. The van der Waals surface area contributed by atoms with E-state index in [1.807, 2.05) is 0 Å². The third kappa shape index (κ3) is 2.96. The van der Waals surface area contributed by atoms with Gasteiger partial charge < -0.3 is 10.2 Å². The molecule has 18 heavy (non-hydrogen) atoms. The maximum atomic E-state index is 11.5. The number of carbonyl (C=O) groups is 2. The van der Waals surface area contributed by atoms with Crippen LogP contribution in [0.1, 0.15) is 25.7 Å². The van der Waals surface area contributed by atoms with Crippen molar-refractivity contribution in [1.29, 1.82) is 0 Å². The standard InChI is InChI=1S/C11H17N3O4/c15-10-3-1-5-13(10)6-2-4-12-11(16)8-7-9(8)14(17)18/h8-9H,1-7H2,(H,12,16). The van der Waals surface area contributed by atoms with Gasteiger partial charge in [0.05, 0.1) is 0 Å². The molecule has 100 valence electrons. The van der Waals surface area contributed by atoms with Crippen molar-refractivity contribution >= 4 is 11.8 Å². The fourth-order valence-corrected chi connectivity index (χ4v) is 2.25. The van der Waals surface area contributed by atoms with Crippen LogP contribution in [0.3, 0.4) is 0 Å². The maximum absolute atomic E-state index is 11.5. The molecule has 0 spiro atoms. The molecule has 0 aromatic carbocycles. The lowest BCUT2D eigenvalue weighted by molar-refractivity contribution is -0.497. The van der Waals surface area contributed by atoms with Crippen LogP contribution in [0.25, 0.3) is 0 Å². The second-order valence-corrected chi connectivity index (χ2v) is 4.82. The Balaban J connectivity index is 1.57. The van der Waals surface area contributed by atoms with Crippen molar-refractivity contribution in [3.05, 3.63) is 10.1 Å². The van der Waals surface area contributed by atoms with Crippen LogP contribution in [0, 0.1) is 16.0 Å². The fourth-order valence-electron chi connectivity index (χ4n) is 2.25. The van der Waals surface area contributed by atoms with Gasteiger partial charge in [0, 0.05) is 37.4 Å². The minimum Gasteiger partial charge on any atom is -0.356 e. The minimum absolute atomic E-state index is 0.178. The van der Waals surface area contributed by atoms with Crippen molar-refractivity contribution in [2.24, 2.45) is 5.92 Å². The molecule has 0 aromatic heterocycles. The van der Waals surface area contributed by atoms with E-state index in [0.717, 1.165) is 13.0 Å². The van der Waals surface area contributed by atoms with Crippen LogP contribution in [-0.2, 0) is 9.59 Å². The van der Waals surface area contributed by atoms with E-state index in [-0.39, 0.29) is 11.8 Å². The number of rotatable bonds is 6. The molecule has 1 saturated heterocycles. The van der Waals surface area contributed by atoms with Crippen molar-refractivity contribution in [3.63, 3.8) is 0 Å². The number of carbonyl (C=O) groups excluding carboxylic acids is 2. The lowest BCUT2D eigenvalue weighted by atomic mass is 10.3. The molecule has 2 unspecified atom stereocenters. The Morgan fingerprint density at radius 2 is 2.33 bits per heavy atom. The van der Waals surface area contributed by atoms with Gasteiger partial charge in [-0.2, -0.15) is 0 Å². The zero-order valence-corrected chi connectivity index (χ0v) is 10.1. The van der Waals surface area contributed by atoms with E-state index in [2.05, 4.69) is 5.32 Å². The third-order valence-corrected chi connectivity index (χ3v) is 3.44. The normalized spacial score (nSPS) is 26.2. The molecule has 7 nitrogen and oxygen atoms in total. The van der Waals surface area contributed by atoms with E-state index in [9.17, 15) is 19.7 Å². The zero-order chi connectivity index (χ0) is 13.1. The molecular weight excluding hydrogens is 238 g/mol. The van der Waals surface area contributed by atoms with E-state index in [1.54, 1.807) is 4.90 Å². The molecule has 2 aliphatic rings. The number of likely N-dealkylation sites (tertiary alicyclic amines) is 1. The molecule has 1 heterocycles. The third-order valence-electron chi connectivity index (χ3n) is 3.44. The highest BCUT2D eigenvalue weighted by atomic mass is 16.6. The first-order chi connectivity index (χ1) is 8.59. The van der Waals surface area contributed by atoms with E-state index in [1.165, 1.54) is 0 Å². The van der Waals surface area contributed by atoms with E-state index < -0.39 is 16.9 Å². The van der Waals surface area contributed by atoms with Crippen molar-refractivity contribution in [2.45, 2.75) is 31.7 Å². The summed E-state index contributed by atoms with van der Waals surface area (Å²) in [5.74, 6) is -0.505. The van der Waals surface area contributed by atoms with Gasteiger partial charge in [0.2, 0.25) is 17.9 Å². The molecule has 1 aliphatic carbocycles. The molecule has 0 radical (unpaired) electrons. The summed E-state index contributed by atoms with van der Waals surface area (Å²) in [4.78, 5) is 34.6. The summed E-state index contributed by atoms with van der Waals surface area (Å²) in [6.07, 6.45) is 2.59. The molecule has 2 amide bonds. The van der Waals surface area contributed by atoms with Crippen LogP contribution in [0.15, 0.2) is 0 Å². The molecule has 2 rings (SSSR count). The largest absolute Gasteiger partial charge is 0.356 e. The lowest BCUT2D eigenvalue weighted by Gasteiger charge is -2.15. The number of amides is 2. The van der Waals surface area contributed by atoms with Crippen LogP contribution in [-0.4, -0.2) is 47.3 Å². The van der Waals surface area contributed by atoms with Gasteiger partial charge >= 0.3 is 0 Å². The first kappa shape index (κ1) is 12.8. The highest BCUT2D eigenvalue weighted by Gasteiger charge is 2.53. The number of hydrogen-bond acceptors (Lipinski definition) is 4. The van der Waals surface area contributed by atoms with Gasteiger partial charge in [0.25, 0.3) is 0 Å². The SMILES string of the molecule is O=C(NCCCN1CCCC1=O)C1CC1[N+](=O)[O-]. The lowest BCUT2D eigenvalue weighted by Crippen LogP contribution is -2.32. The van der Waals surface area contributed by atoms with E-state index in [0.29, 0.717) is 32.4 Å². The Labute approximate surface area is 105 Å². The Morgan fingerprint density at radius 3 is 2.89 bits per heavy atom. The van der Waals surface area contributed by atoms with E-state index >= 15 is 0 Å². The van der Waals surface area contributed by atoms with Gasteiger partial charge in [-0.3, -0.25) is 19.7 Å². The van der Waals surface area contributed by atoms with Crippen LogP contribution in [0.5, 0.6) is 0 Å². The predicted molar refractivity (Wildman–Crippen MR) is 62.3 cm³/mol. The van der Waals surface area contributed by atoms with Crippen LogP contribution in [0.4, 0.5) is 0 Å². The van der Waals surface area contributed by atoms with Crippen LogP contribution in [0.2, 0.25) is 0 Å². The van der Waals surface area contributed by atoms with Crippen molar-refractivity contribution < 1.29 is 14.5 Å². The van der Waals surface area contributed by atoms with Crippen molar-refractivity contribution in [3.8, 4) is 0 Å². The fraction of sp³-hybridized carbons (Fsp3) is 0.818. The minimum atomic E-state index is -0.690. The molecular formula is C11H17N3O4. The van der Waals surface area contributed by atoms with Crippen molar-refractivity contribution in [1.82, 2.24) is 10.2 Å². The summed E-state index contributed by atoms with van der Waals surface area (Å²) >= 11 is 0. The molecule has 7 heteroatoms. The van der Waals surface area contributed by atoms with Gasteiger partial charge in [0.1, 0.15) is 5.92 Å². The Bertz CT molecular complexity index is 371. The van der Waals surface area contributed by atoms with E-state index in [4.69, 9.17) is 0 Å². The van der Waals surface area contributed by atoms with Crippen LogP contribution < -0.4 is 5.32 Å². The molecule has 0 aromatic rings. The number of hydrogen-bond donors (Lipinski definition) is 1. The zero-order valence-electron chi connectivity index (χ0n) is 10.1. The predicted octanol–water partition coefficient (Wildman–Crippen LogP) is -0.220.